The summed E-state index contributed by atoms with van der Waals surface area (Å²) in [5.41, 5.74) is 19.4. The molecule has 0 spiro atoms. The number of carbonyl (C=O) groups excluding carboxylic acids is 9. The number of hydrogen-bond acceptors (Lipinski definition) is 11. The minimum absolute atomic E-state index is 0.0114. The number of unbranched alkanes of at least 4 members (excludes halogenated alkanes) is 1. The van der Waals surface area contributed by atoms with Crippen LogP contribution in [-0.2, 0) is 62.4 Å². The number of ketones is 2. The summed E-state index contributed by atoms with van der Waals surface area (Å²) in [6, 6.07) is 9.91. The van der Waals surface area contributed by atoms with Crippen molar-refractivity contribution in [3.63, 3.8) is 0 Å². The number of nitrogens with zero attached hydrogens (tertiary/aromatic N) is 2. The summed E-state index contributed by atoms with van der Waals surface area (Å²) < 4.78 is 0. The van der Waals surface area contributed by atoms with Crippen LogP contribution in [0.2, 0.25) is 0 Å². The van der Waals surface area contributed by atoms with E-state index in [1.807, 2.05) is 31.2 Å². The second-order valence-corrected chi connectivity index (χ2v) is 18.8. The zero-order valence-corrected chi connectivity index (χ0v) is 42.1. The summed E-state index contributed by atoms with van der Waals surface area (Å²) in [7, 11) is 0. The Labute approximate surface area is 429 Å². The molecule has 22 nitrogen and oxygen atoms in total. The number of Topliss-reactive ketones (excluding diaryl/α,β-unsaturated/α-hetero) is 2. The van der Waals surface area contributed by atoms with Gasteiger partial charge in [-0.2, -0.15) is 0 Å². The molecule has 7 amide bonds. The van der Waals surface area contributed by atoms with E-state index >= 15 is 0 Å². The van der Waals surface area contributed by atoms with Crippen LogP contribution in [0.5, 0.6) is 0 Å². The zero-order valence-electron chi connectivity index (χ0n) is 42.1. The molecule has 0 aliphatic carbocycles. The number of rotatable bonds is 17. The Kier molecular flexibility index (Phi) is 22.3. The molecule has 0 radical (unpaired) electrons. The molecule has 1 saturated heterocycles. The van der Waals surface area contributed by atoms with E-state index in [2.05, 4.69) is 51.8 Å². The predicted molar refractivity (Wildman–Crippen MR) is 276 cm³/mol. The third-order valence-corrected chi connectivity index (χ3v) is 12.9. The van der Waals surface area contributed by atoms with Crippen LogP contribution in [0, 0.1) is 11.8 Å². The van der Waals surface area contributed by atoms with Crippen LogP contribution >= 0.6 is 0 Å². The van der Waals surface area contributed by atoms with Gasteiger partial charge >= 0.3 is 0 Å². The van der Waals surface area contributed by atoms with E-state index in [4.69, 9.17) is 17.2 Å². The first-order valence-corrected chi connectivity index (χ1v) is 25.2. The Bertz CT molecular complexity index is 2580. The monoisotopic (exact) mass is 1020 g/mol. The SMILES string of the molecule is CCCC[C@@H]1CC(=O)[C@@H](Cc2ccccc2)NC(=O)[C@H](Cc2cnc[nH]2)NC(=O)[C@@H](NC(=O)[C@H](CCCN=C(N)N)NC(C)=O)CC(=O)NCCCC[C@@H](C(N)=O)NC(=O)[C@H](Cc2c[nH]c3ccccc23)CC1=O. The molecule has 0 saturated carbocycles. The molecule has 2 aromatic carbocycles. The van der Waals surface area contributed by atoms with E-state index in [0.29, 0.717) is 43.4 Å². The first-order chi connectivity index (χ1) is 35.5. The zero-order chi connectivity index (χ0) is 53.6. The van der Waals surface area contributed by atoms with Crippen molar-refractivity contribution < 1.29 is 43.2 Å². The number of hydrogen-bond donors (Lipinski definition) is 11. The first-order valence-electron chi connectivity index (χ1n) is 25.2. The molecule has 14 N–H and O–H groups in total. The summed E-state index contributed by atoms with van der Waals surface area (Å²) in [5.74, 6) is -7.93. The van der Waals surface area contributed by atoms with Gasteiger partial charge in [0.05, 0.1) is 18.8 Å². The Balaban J connectivity index is 1.52. The fourth-order valence-electron chi connectivity index (χ4n) is 8.94. The minimum Gasteiger partial charge on any atom is -0.370 e. The van der Waals surface area contributed by atoms with Crippen molar-refractivity contribution in [1.29, 1.82) is 0 Å². The van der Waals surface area contributed by atoms with Crippen molar-refractivity contribution >= 4 is 69.8 Å². The fraction of sp³-hybridized carbons (Fsp3) is 0.481. The molecule has 0 unspecified atom stereocenters. The number of H-pyrrole nitrogens is 2. The Morgan fingerprint density at radius 2 is 1.51 bits per heavy atom. The van der Waals surface area contributed by atoms with Crippen LogP contribution < -0.4 is 49.1 Å². The number of nitrogens with two attached hydrogens (primary N) is 3. The molecule has 0 bridgehead atoms. The molecule has 4 aromatic rings. The van der Waals surface area contributed by atoms with E-state index in [0.717, 1.165) is 16.5 Å². The molecule has 398 valence electrons. The summed E-state index contributed by atoms with van der Waals surface area (Å²) in [5, 5.41) is 17.0. The number of para-hydroxylation sites is 1. The summed E-state index contributed by atoms with van der Waals surface area (Å²) in [4.78, 5) is 140. The maximum absolute atomic E-state index is 14.7. The van der Waals surface area contributed by atoms with Gasteiger partial charge in [0.1, 0.15) is 30.0 Å². The molecular weight excluding hydrogens is 951 g/mol. The molecule has 1 fully saturated rings. The van der Waals surface area contributed by atoms with Gasteiger partial charge in [-0.25, -0.2) is 4.98 Å². The number of imidazole rings is 1. The van der Waals surface area contributed by atoms with Gasteiger partial charge in [-0.15, -0.1) is 0 Å². The summed E-state index contributed by atoms with van der Waals surface area (Å²) >= 11 is 0. The Morgan fingerprint density at radius 1 is 0.784 bits per heavy atom. The lowest BCUT2D eigenvalue weighted by molar-refractivity contribution is -0.136. The van der Waals surface area contributed by atoms with Gasteiger partial charge < -0.3 is 59.1 Å². The number of aromatic amines is 2. The molecular formula is C52H71N13O9. The smallest absolute Gasteiger partial charge is 0.243 e. The molecule has 1 aliphatic heterocycles. The normalized spacial score (nSPS) is 21.5. The number of carbonyl (C=O) groups is 9. The van der Waals surface area contributed by atoms with E-state index in [1.165, 1.54) is 19.4 Å². The second-order valence-electron chi connectivity index (χ2n) is 18.8. The number of aromatic nitrogens is 3. The van der Waals surface area contributed by atoms with Crippen LogP contribution in [-0.4, -0.2) is 117 Å². The van der Waals surface area contributed by atoms with Gasteiger partial charge in [0.25, 0.3) is 0 Å². The van der Waals surface area contributed by atoms with Gasteiger partial charge in [-0.3, -0.25) is 48.1 Å². The van der Waals surface area contributed by atoms with Gasteiger partial charge in [-0.05, 0) is 68.6 Å². The maximum atomic E-state index is 14.7. The van der Waals surface area contributed by atoms with Gasteiger partial charge in [0, 0.05) is 80.1 Å². The highest BCUT2D eigenvalue weighted by Crippen LogP contribution is 2.26. The van der Waals surface area contributed by atoms with Crippen LogP contribution in [0.4, 0.5) is 0 Å². The fourth-order valence-corrected chi connectivity index (χ4v) is 8.94. The number of primary amides is 1. The van der Waals surface area contributed by atoms with E-state index in [9.17, 15) is 43.2 Å². The molecule has 1 aliphatic rings. The lowest BCUT2D eigenvalue weighted by Gasteiger charge is -2.27. The first kappa shape index (κ1) is 57.0. The van der Waals surface area contributed by atoms with Crippen LogP contribution in [0.3, 0.4) is 0 Å². The standard InChI is InChI=1S/C52H71N13O9/c1-3-4-15-33-24-45(68)41(22-32-13-6-5-7-14-32)63-50(73)42(26-36-29-56-30-60-36)64-51(74)43(65-49(72)40(61-31(2)66)19-12-21-58-52(54)55)27-46(69)57-20-11-10-18-39(47(53)70)62-48(71)34(25-44(33)67)23-35-28-59-38-17-9-8-16-37(35)38/h5-9,13-14,16-17,28-30,33-34,39-43,59H,3-4,10-12,15,18-27H2,1-2H3,(H2,53,70)(H,56,60)(H,57,69)(H,61,66)(H,62,71)(H,63,73)(H,64,74)(H,65,72)(H4,54,55,58)/t33-,34-,39+,40+,41-,42+,43+/m1/s1. The number of aliphatic imine (C=N–C) groups is 1. The van der Waals surface area contributed by atoms with Crippen molar-refractivity contribution in [3.05, 3.63) is 90.1 Å². The van der Waals surface area contributed by atoms with E-state index < -0.39 is 95.6 Å². The highest BCUT2D eigenvalue weighted by atomic mass is 16.2. The molecule has 2 aromatic heterocycles. The van der Waals surface area contributed by atoms with Crippen molar-refractivity contribution in [2.24, 2.45) is 34.0 Å². The van der Waals surface area contributed by atoms with Crippen molar-refractivity contribution in [2.75, 3.05) is 13.1 Å². The van der Waals surface area contributed by atoms with Gasteiger partial charge in [0.15, 0.2) is 11.7 Å². The number of fused-ring (bicyclic) bond motifs is 1. The van der Waals surface area contributed by atoms with Crippen molar-refractivity contribution in [1.82, 2.24) is 46.9 Å². The maximum Gasteiger partial charge on any atom is 0.243 e. The van der Waals surface area contributed by atoms with Gasteiger partial charge in [-0.1, -0.05) is 68.3 Å². The number of amides is 7. The molecule has 5 rings (SSSR count). The third kappa shape index (κ3) is 18.3. The minimum atomic E-state index is -1.60. The molecule has 3 heterocycles. The third-order valence-electron chi connectivity index (χ3n) is 12.9. The highest BCUT2D eigenvalue weighted by molar-refractivity contribution is 5.99. The molecule has 74 heavy (non-hydrogen) atoms. The quantitative estimate of drug-likeness (QED) is 0.0400. The number of guanidine groups is 1. The van der Waals surface area contributed by atoms with E-state index in [1.54, 1.807) is 36.5 Å². The van der Waals surface area contributed by atoms with Gasteiger partial charge in [0.2, 0.25) is 41.4 Å². The highest BCUT2D eigenvalue weighted by Gasteiger charge is 2.36. The second kappa shape index (κ2) is 29.0. The van der Waals surface area contributed by atoms with Crippen LogP contribution in [0.15, 0.2) is 78.3 Å². The summed E-state index contributed by atoms with van der Waals surface area (Å²) in [6.45, 7) is 3.35. The van der Waals surface area contributed by atoms with E-state index in [-0.39, 0.29) is 76.2 Å². The predicted octanol–water partition coefficient (Wildman–Crippen LogP) is 0.933. The molecule has 22 heteroatoms. The van der Waals surface area contributed by atoms with Crippen molar-refractivity contribution in [3.8, 4) is 0 Å². The molecule has 7 atom stereocenters. The topological polar surface area (TPSA) is 361 Å². The number of nitrogens with one attached hydrogen (secondary N) is 8. The lowest BCUT2D eigenvalue weighted by atomic mass is 9.83. The largest absolute Gasteiger partial charge is 0.370 e. The lowest BCUT2D eigenvalue weighted by Crippen LogP contribution is -2.59. The number of benzene rings is 2. The van der Waals surface area contributed by atoms with Crippen LogP contribution in [0.1, 0.15) is 101 Å². The van der Waals surface area contributed by atoms with Crippen LogP contribution in [0.25, 0.3) is 10.9 Å². The Morgan fingerprint density at radius 3 is 2.22 bits per heavy atom. The average molecular weight is 1020 g/mol. The summed E-state index contributed by atoms with van der Waals surface area (Å²) in [6.07, 6.45) is 6.01. The average Bonchev–Trinajstić information content (AvgIpc) is 4.04. The van der Waals surface area contributed by atoms with Crippen molar-refractivity contribution in [2.45, 2.75) is 134 Å². The Hall–Kier alpha value is -7.91.